The van der Waals surface area contributed by atoms with Gasteiger partial charge >= 0.3 is 5.97 Å². The highest BCUT2D eigenvalue weighted by molar-refractivity contribution is 5.85. The Bertz CT molecular complexity index is 799. The van der Waals surface area contributed by atoms with Crippen LogP contribution in [0.25, 0.3) is 11.1 Å². The lowest BCUT2D eigenvalue weighted by Gasteiger charge is -2.07. The van der Waals surface area contributed by atoms with E-state index in [9.17, 15) is 4.79 Å². The monoisotopic (exact) mass is 363 g/mol. The van der Waals surface area contributed by atoms with Gasteiger partial charge < -0.3 is 9.84 Å². The second-order valence-corrected chi connectivity index (χ2v) is 6.46. The highest BCUT2D eigenvalue weighted by Crippen LogP contribution is 2.23. The standard InChI is InChI=1S/C23H25NO3/c1-18(23(25)26)7-5-3-2-4-6-16-27-22-14-12-21(13-15-22)20-10-8-19(17-24)9-11-20/h7-15H,2-6,16H2,1H3,(H,25,26)/b18-7+. The van der Waals surface area contributed by atoms with Crippen LogP contribution in [0.2, 0.25) is 0 Å². The maximum Gasteiger partial charge on any atom is 0.330 e. The molecule has 0 spiro atoms. The summed E-state index contributed by atoms with van der Waals surface area (Å²) in [6, 6.07) is 17.6. The van der Waals surface area contributed by atoms with Gasteiger partial charge in [-0.15, -0.1) is 0 Å². The molecule has 0 saturated heterocycles. The van der Waals surface area contributed by atoms with E-state index in [-0.39, 0.29) is 0 Å². The minimum Gasteiger partial charge on any atom is -0.494 e. The van der Waals surface area contributed by atoms with Crippen molar-refractivity contribution in [1.29, 1.82) is 5.26 Å². The number of unbranched alkanes of at least 4 members (excludes halogenated alkanes) is 4. The SMILES string of the molecule is C/C(=C\CCCCCCOc1ccc(-c2ccc(C#N)cc2)cc1)C(=O)O. The van der Waals surface area contributed by atoms with E-state index in [0.717, 1.165) is 49.0 Å². The van der Waals surface area contributed by atoms with Gasteiger partial charge in [-0.3, -0.25) is 0 Å². The van der Waals surface area contributed by atoms with Crippen molar-refractivity contribution in [2.24, 2.45) is 0 Å². The molecular formula is C23H25NO3. The van der Waals surface area contributed by atoms with Crippen LogP contribution in [0.1, 0.15) is 44.6 Å². The van der Waals surface area contributed by atoms with Gasteiger partial charge in [-0.1, -0.05) is 43.2 Å². The molecule has 0 bridgehead atoms. The van der Waals surface area contributed by atoms with Crippen LogP contribution in [0.15, 0.2) is 60.2 Å². The first-order valence-corrected chi connectivity index (χ1v) is 9.23. The van der Waals surface area contributed by atoms with E-state index < -0.39 is 5.97 Å². The Morgan fingerprint density at radius 1 is 1.00 bits per heavy atom. The first-order valence-electron chi connectivity index (χ1n) is 9.23. The zero-order valence-electron chi connectivity index (χ0n) is 15.6. The quantitative estimate of drug-likeness (QED) is 0.441. The molecule has 4 heteroatoms. The topological polar surface area (TPSA) is 70.3 Å². The highest BCUT2D eigenvalue weighted by atomic mass is 16.5. The van der Waals surface area contributed by atoms with Gasteiger partial charge in [0.15, 0.2) is 0 Å². The lowest BCUT2D eigenvalue weighted by Crippen LogP contribution is -1.97. The molecule has 0 aliphatic rings. The summed E-state index contributed by atoms with van der Waals surface area (Å²) in [5.41, 5.74) is 3.25. The van der Waals surface area contributed by atoms with Gasteiger partial charge in [-0.05, 0) is 61.6 Å². The van der Waals surface area contributed by atoms with E-state index in [0.29, 0.717) is 17.7 Å². The van der Waals surface area contributed by atoms with Gasteiger partial charge in [0, 0.05) is 5.57 Å². The fourth-order valence-electron chi connectivity index (χ4n) is 2.68. The Morgan fingerprint density at radius 3 is 2.19 bits per heavy atom. The zero-order chi connectivity index (χ0) is 19.5. The molecule has 2 rings (SSSR count). The molecule has 0 amide bonds. The van der Waals surface area contributed by atoms with E-state index in [1.54, 1.807) is 13.0 Å². The Balaban J connectivity index is 1.66. The van der Waals surface area contributed by atoms with Crippen molar-refractivity contribution in [3.05, 3.63) is 65.7 Å². The summed E-state index contributed by atoms with van der Waals surface area (Å²) in [7, 11) is 0. The smallest absolute Gasteiger partial charge is 0.330 e. The van der Waals surface area contributed by atoms with Gasteiger partial charge in [0.2, 0.25) is 0 Å². The fourth-order valence-corrected chi connectivity index (χ4v) is 2.68. The molecule has 0 saturated carbocycles. The molecule has 0 fully saturated rings. The second kappa shape index (κ2) is 10.8. The van der Waals surface area contributed by atoms with E-state index in [1.807, 2.05) is 48.5 Å². The van der Waals surface area contributed by atoms with Crippen molar-refractivity contribution >= 4 is 5.97 Å². The molecule has 1 N–H and O–H groups in total. The van der Waals surface area contributed by atoms with Crippen molar-refractivity contribution in [2.45, 2.75) is 39.0 Å². The van der Waals surface area contributed by atoms with E-state index in [1.165, 1.54) is 0 Å². The maximum absolute atomic E-state index is 10.7. The third-order valence-corrected chi connectivity index (χ3v) is 4.36. The Labute approximate surface area is 160 Å². The molecule has 140 valence electrons. The van der Waals surface area contributed by atoms with Crippen molar-refractivity contribution in [1.82, 2.24) is 0 Å². The largest absolute Gasteiger partial charge is 0.494 e. The first kappa shape index (κ1) is 20.3. The molecule has 4 nitrogen and oxygen atoms in total. The van der Waals surface area contributed by atoms with E-state index in [4.69, 9.17) is 15.1 Å². The molecule has 2 aromatic carbocycles. The Hall–Kier alpha value is -3.06. The van der Waals surface area contributed by atoms with Gasteiger partial charge in [0.1, 0.15) is 5.75 Å². The lowest BCUT2D eigenvalue weighted by atomic mass is 10.0. The van der Waals surface area contributed by atoms with Crippen molar-refractivity contribution in [2.75, 3.05) is 6.61 Å². The van der Waals surface area contributed by atoms with Crippen molar-refractivity contribution in [3.63, 3.8) is 0 Å². The molecule has 0 aromatic heterocycles. The third-order valence-electron chi connectivity index (χ3n) is 4.36. The predicted octanol–water partition coefficient (Wildman–Crippen LogP) is 5.59. The van der Waals surface area contributed by atoms with Crippen molar-refractivity contribution < 1.29 is 14.6 Å². The third kappa shape index (κ3) is 6.99. The molecular weight excluding hydrogens is 338 g/mol. The molecule has 0 heterocycles. The second-order valence-electron chi connectivity index (χ2n) is 6.46. The number of nitriles is 1. The summed E-state index contributed by atoms with van der Waals surface area (Å²) < 4.78 is 5.78. The fraction of sp³-hybridized carbons (Fsp3) is 0.304. The number of carboxylic acid groups (broad SMARTS) is 1. The minimum atomic E-state index is -0.839. The molecule has 0 unspecified atom stereocenters. The number of benzene rings is 2. The van der Waals surface area contributed by atoms with Crippen LogP contribution in [0, 0.1) is 11.3 Å². The number of hydrogen-bond donors (Lipinski definition) is 1. The van der Waals surface area contributed by atoms with Crippen LogP contribution in [-0.2, 0) is 4.79 Å². The van der Waals surface area contributed by atoms with E-state index in [2.05, 4.69) is 6.07 Å². The van der Waals surface area contributed by atoms with Gasteiger partial charge in [0.05, 0.1) is 18.2 Å². The summed E-state index contributed by atoms with van der Waals surface area (Å²) in [5, 5.41) is 17.6. The number of aliphatic carboxylic acids is 1. The van der Waals surface area contributed by atoms with Crippen LogP contribution in [0.4, 0.5) is 0 Å². The normalized spacial score (nSPS) is 11.0. The Morgan fingerprint density at radius 2 is 1.59 bits per heavy atom. The zero-order valence-corrected chi connectivity index (χ0v) is 15.6. The molecule has 2 aromatic rings. The summed E-state index contributed by atoms with van der Waals surface area (Å²) >= 11 is 0. The highest BCUT2D eigenvalue weighted by Gasteiger charge is 2.00. The van der Waals surface area contributed by atoms with Crippen molar-refractivity contribution in [3.8, 4) is 22.9 Å². The average molecular weight is 363 g/mol. The van der Waals surface area contributed by atoms with Gasteiger partial charge in [-0.25, -0.2) is 4.79 Å². The summed E-state index contributed by atoms with van der Waals surface area (Å²) in [6.45, 7) is 2.31. The van der Waals surface area contributed by atoms with Gasteiger partial charge in [-0.2, -0.15) is 5.26 Å². The van der Waals surface area contributed by atoms with Crippen LogP contribution in [0.3, 0.4) is 0 Å². The van der Waals surface area contributed by atoms with Gasteiger partial charge in [0.25, 0.3) is 0 Å². The summed E-state index contributed by atoms with van der Waals surface area (Å²) in [4.78, 5) is 10.7. The molecule has 0 atom stereocenters. The summed E-state index contributed by atoms with van der Waals surface area (Å²) in [5.74, 6) is 0.0148. The van der Waals surface area contributed by atoms with Crippen LogP contribution < -0.4 is 4.74 Å². The lowest BCUT2D eigenvalue weighted by molar-refractivity contribution is -0.132. The molecule has 0 radical (unpaired) electrons. The van der Waals surface area contributed by atoms with Crippen LogP contribution in [0.5, 0.6) is 5.75 Å². The predicted molar refractivity (Wildman–Crippen MR) is 107 cm³/mol. The van der Waals surface area contributed by atoms with Crippen LogP contribution >= 0.6 is 0 Å². The number of nitrogens with zero attached hydrogens (tertiary/aromatic N) is 1. The minimum absolute atomic E-state index is 0.419. The number of rotatable bonds is 10. The maximum atomic E-state index is 10.7. The number of carboxylic acids is 1. The number of ether oxygens (including phenoxy) is 1. The molecule has 0 aliphatic carbocycles. The number of allylic oxidation sites excluding steroid dienone is 1. The first-order chi connectivity index (χ1) is 13.1. The Kier molecular flexibility index (Phi) is 8.12. The average Bonchev–Trinajstić information content (AvgIpc) is 2.70. The number of carbonyl (C=O) groups is 1. The molecule has 0 aliphatic heterocycles. The molecule has 27 heavy (non-hydrogen) atoms. The van der Waals surface area contributed by atoms with Crippen LogP contribution in [-0.4, -0.2) is 17.7 Å². The number of hydrogen-bond acceptors (Lipinski definition) is 3. The summed E-state index contributed by atoms with van der Waals surface area (Å²) in [6.07, 6.45) is 6.74. The van der Waals surface area contributed by atoms with E-state index >= 15 is 0 Å².